The number of hydrogen-bond donors (Lipinski definition) is 1. The van der Waals surface area contributed by atoms with Crippen LogP contribution in [0.3, 0.4) is 0 Å². The van der Waals surface area contributed by atoms with Crippen molar-refractivity contribution in [1.82, 2.24) is 4.31 Å². The lowest BCUT2D eigenvalue weighted by atomic mass is 10.1. The van der Waals surface area contributed by atoms with E-state index in [2.05, 4.69) is 10.1 Å². The fourth-order valence-electron chi connectivity index (χ4n) is 2.56. The standard InChI is InChI=1S/C19H22N2O5S/c1-4-21(5-2)27(24,25)17-11-7-8-14(13-17)18(22)20-16-10-6-9-15(12-16)19(23)26-3/h6-13H,4-5H2,1-3H3,(H,20,22). The van der Waals surface area contributed by atoms with E-state index in [0.717, 1.165) is 0 Å². The highest BCUT2D eigenvalue weighted by Gasteiger charge is 2.22. The molecule has 0 unspecified atom stereocenters. The summed E-state index contributed by atoms with van der Waals surface area (Å²) in [7, 11) is -2.39. The normalized spacial score (nSPS) is 11.3. The van der Waals surface area contributed by atoms with Gasteiger partial charge in [-0.2, -0.15) is 4.31 Å². The van der Waals surface area contributed by atoms with Gasteiger partial charge < -0.3 is 10.1 Å². The molecule has 0 radical (unpaired) electrons. The lowest BCUT2D eigenvalue weighted by Gasteiger charge is -2.18. The Balaban J connectivity index is 2.27. The van der Waals surface area contributed by atoms with Gasteiger partial charge in [0, 0.05) is 24.3 Å². The predicted octanol–water partition coefficient (Wildman–Crippen LogP) is 2.76. The maximum absolute atomic E-state index is 12.6. The summed E-state index contributed by atoms with van der Waals surface area (Å²) in [6.45, 7) is 4.20. The third-order valence-electron chi connectivity index (χ3n) is 3.98. The number of hydrogen-bond acceptors (Lipinski definition) is 5. The second kappa shape index (κ2) is 8.79. The maximum Gasteiger partial charge on any atom is 0.337 e. The highest BCUT2D eigenvalue weighted by molar-refractivity contribution is 7.89. The van der Waals surface area contributed by atoms with Gasteiger partial charge in [-0.15, -0.1) is 0 Å². The predicted molar refractivity (Wildman–Crippen MR) is 102 cm³/mol. The van der Waals surface area contributed by atoms with Gasteiger partial charge in [0.1, 0.15) is 0 Å². The molecule has 0 aliphatic rings. The zero-order chi connectivity index (χ0) is 20.0. The van der Waals surface area contributed by atoms with Crippen LogP contribution < -0.4 is 5.32 Å². The number of amides is 1. The van der Waals surface area contributed by atoms with Crippen molar-refractivity contribution in [3.8, 4) is 0 Å². The van der Waals surface area contributed by atoms with Crippen molar-refractivity contribution < 1.29 is 22.7 Å². The van der Waals surface area contributed by atoms with Crippen molar-refractivity contribution in [2.75, 3.05) is 25.5 Å². The number of nitrogens with one attached hydrogen (secondary N) is 1. The summed E-state index contributed by atoms with van der Waals surface area (Å²) < 4.78 is 31.2. The van der Waals surface area contributed by atoms with Crippen LogP contribution in [0.5, 0.6) is 0 Å². The molecule has 27 heavy (non-hydrogen) atoms. The van der Waals surface area contributed by atoms with Crippen LogP contribution in [-0.4, -0.2) is 44.8 Å². The summed E-state index contributed by atoms with van der Waals surface area (Å²) in [4.78, 5) is 24.2. The Morgan fingerprint density at radius 2 is 1.63 bits per heavy atom. The number of methoxy groups -OCH3 is 1. The van der Waals surface area contributed by atoms with Crippen molar-refractivity contribution in [3.63, 3.8) is 0 Å². The lowest BCUT2D eigenvalue weighted by molar-refractivity contribution is 0.0600. The van der Waals surface area contributed by atoms with Gasteiger partial charge in [-0.25, -0.2) is 13.2 Å². The van der Waals surface area contributed by atoms with Gasteiger partial charge in [0.2, 0.25) is 10.0 Å². The molecule has 2 aromatic rings. The summed E-state index contributed by atoms with van der Waals surface area (Å²) in [6.07, 6.45) is 0. The Kier molecular flexibility index (Phi) is 6.70. The number of rotatable bonds is 7. The summed E-state index contributed by atoms with van der Waals surface area (Å²) in [5.41, 5.74) is 0.903. The average molecular weight is 390 g/mol. The van der Waals surface area contributed by atoms with Gasteiger partial charge in [-0.05, 0) is 36.4 Å². The molecule has 0 fully saturated rings. The summed E-state index contributed by atoms with van der Waals surface area (Å²) in [6, 6.07) is 12.1. The molecule has 0 heterocycles. The molecule has 0 saturated carbocycles. The number of anilines is 1. The van der Waals surface area contributed by atoms with Crippen molar-refractivity contribution >= 4 is 27.6 Å². The third-order valence-corrected chi connectivity index (χ3v) is 6.03. The highest BCUT2D eigenvalue weighted by atomic mass is 32.2. The average Bonchev–Trinajstić information content (AvgIpc) is 2.68. The van der Waals surface area contributed by atoms with E-state index >= 15 is 0 Å². The maximum atomic E-state index is 12.6. The summed E-state index contributed by atoms with van der Waals surface area (Å²) >= 11 is 0. The van der Waals surface area contributed by atoms with Gasteiger partial charge in [0.05, 0.1) is 17.6 Å². The SMILES string of the molecule is CCN(CC)S(=O)(=O)c1cccc(C(=O)Nc2cccc(C(=O)OC)c2)c1. The molecule has 2 aromatic carbocycles. The lowest BCUT2D eigenvalue weighted by Crippen LogP contribution is -2.30. The molecule has 7 nitrogen and oxygen atoms in total. The molecule has 0 aromatic heterocycles. The molecule has 0 spiro atoms. The third kappa shape index (κ3) is 4.72. The fourth-order valence-corrected chi connectivity index (χ4v) is 4.06. The van der Waals surface area contributed by atoms with E-state index in [4.69, 9.17) is 0 Å². The molecule has 1 amide bonds. The van der Waals surface area contributed by atoms with Crippen molar-refractivity contribution in [3.05, 3.63) is 59.7 Å². The van der Waals surface area contributed by atoms with E-state index in [1.165, 1.54) is 41.7 Å². The molecule has 0 atom stereocenters. The number of ether oxygens (including phenoxy) is 1. The van der Waals surface area contributed by atoms with Crippen molar-refractivity contribution in [1.29, 1.82) is 0 Å². The first kappa shape index (κ1) is 20.6. The first-order chi connectivity index (χ1) is 12.8. The van der Waals surface area contributed by atoms with E-state index < -0.39 is 21.9 Å². The Bertz CT molecular complexity index is 937. The van der Waals surface area contributed by atoms with Crippen LogP contribution in [0.4, 0.5) is 5.69 Å². The van der Waals surface area contributed by atoms with Crippen LogP contribution in [0, 0.1) is 0 Å². The van der Waals surface area contributed by atoms with E-state index in [1.807, 2.05) is 0 Å². The van der Waals surface area contributed by atoms with Gasteiger partial charge >= 0.3 is 5.97 Å². The number of sulfonamides is 1. The molecule has 2 rings (SSSR count). The number of benzene rings is 2. The Labute approximate surface area is 159 Å². The molecule has 0 bridgehead atoms. The zero-order valence-corrected chi connectivity index (χ0v) is 16.2. The molecule has 0 aliphatic heterocycles. The van der Waals surface area contributed by atoms with E-state index in [0.29, 0.717) is 24.3 Å². The Morgan fingerprint density at radius 1 is 1.00 bits per heavy atom. The van der Waals surface area contributed by atoms with Crippen molar-refractivity contribution in [2.45, 2.75) is 18.7 Å². The molecule has 144 valence electrons. The number of carbonyl (C=O) groups excluding carboxylic acids is 2. The highest BCUT2D eigenvalue weighted by Crippen LogP contribution is 2.18. The second-order valence-corrected chi connectivity index (χ2v) is 7.58. The van der Waals surface area contributed by atoms with Gasteiger partial charge in [-0.3, -0.25) is 4.79 Å². The van der Waals surface area contributed by atoms with Gasteiger partial charge in [-0.1, -0.05) is 26.0 Å². The molecule has 0 aliphatic carbocycles. The van der Waals surface area contributed by atoms with Crippen LogP contribution in [0.15, 0.2) is 53.4 Å². The fraction of sp³-hybridized carbons (Fsp3) is 0.263. The van der Waals surface area contributed by atoms with Gasteiger partial charge in [0.15, 0.2) is 0 Å². The summed E-state index contributed by atoms with van der Waals surface area (Å²) in [5, 5.41) is 2.66. The van der Waals surface area contributed by atoms with Crippen LogP contribution in [-0.2, 0) is 14.8 Å². The van der Waals surface area contributed by atoms with Crippen LogP contribution >= 0.6 is 0 Å². The largest absolute Gasteiger partial charge is 0.465 e. The summed E-state index contributed by atoms with van der Waals surface area (Å²) in [5.74, 6) is -0.993. The van der Waals surface area contributed by atoms with Crippen LogP contribution in [0.2, 0.25) is 0 Å². The first-order valence-corrected chi connectivity index (χ1v) is 9.87. The van der Waals surface area contributed by atoms with Crippen LogP contribution in [0.1, 0.15) is 34.6 Å². The smallest absolute Gasteiger partial charge is 0.337 e. The Hall–Kier alpha value is -2.71. The minimum atomic E-state index is -3.66. The second-order valence-electron chi connectivity index (χ2n) is 5.64. The zero-order valence-electron chi connectivity index (χ0n) is 15.4. The quantitative estimate of drug-likeness (QED) is 0.734. The topological polar surface area (TPSA) is 92.8 Å². The monoisotopic (exact) mass is 390 g/mol. The molecular weight excluding hydrogens is 368 g/mol. The van der Waals surface area contributed by atoms with E-state index in [9.17, 15) is 18.0 Å². The molecule has 8 heteroatoms. The van der Waals surface area contributed by atoms with Gasteiger partial charge in [0.25, 0.3) is 5.91 Å². The Morgan fingerprint density at radius 3 is 2.26 bits per heavy atom. The number of esters is 1. The minimum Gasteiger partial charge on any atom is -0.465 e. The number of nitrogens with zero attached hydrogens (tertiary/aromatic N) is 1. The first-order valence-electron chi connectivity index (χ1n) is 8.43. The van der Waals surface area contributed by atoms with Crippen molar-refractivity contribution in [2.24, 2.45) is 0 Å². The minimum absolute atomic E-state index is 0.0576. The molecule has 1 N–H and O–H groups in total. The van der Waals surface area contributed by atoms with E-state index in [-0.39, 0.29) is 10.5 Å². The van der Waals surface area contributed by atoms with Crippen LogP contribution in [0.25, 0.3) is 0 Å². The van der Waals surface area contributed by atoms with E-state index in [1.54, 1.807) is 32.0 Å². The number of carbonyl (C=O) groups is 2. The molecular formula is C19H22N2O5S. The molecule has 0 saturated heterocycles.